The van der Waals surface area contributed by atoms with Gasteiger partial charge in [-0.1, -0.05) is 98.8 Å². The average Bonchev–Trinajstić information content (AvgIpc) is 3.05. The summed E-state index contributed by atoms with van der Waals surface area (Å²) in [7, 11) is 3.30. The Morgan fingerprint density at radius 3 is 1.19 bits per heavy atom. The Balaban J connectivity index is 1.62. The molecule has 4 nitrogen and oxygen atoms in total. The highest BCUT2D eigenvalue weighted by Gasteiger charge is 2.33. The number of carbonyl (C=O) groups excluding carboxylic acids is 2. The van der Waals surface area contributed by atoms with Gasteiger partial charge in [-0.25, -0.2) is 0 Å². The Labute approximate surface area is 246 Å². The van der Waals surface area contributed by atoms with E-state index < -0.39 is 0 Å². The second-order valence-electron chi connectivity index (χ2n) is 10.7. The van der Waals surface area contributed by atoms with Gasteiger partial charge in [0, 0.05) is 45.2 Å². The Hall–Kier alpha value is -4.96. The maximum absolute atomic E-state index is 14.0. The quantitative estimate of drug-likeness (QED) is 0.241. The highest BCUT2D eigenvalue weighted by atomic mass is 16.5. The summed E-state index contributed by atoms with van der Waals surface area (Å²) in [6.07, 6.45) is 4.04. The summed E-state index contributed by atoms with van der Waals surface area (Å²) >= 11 is 0. The Morgan fingerprint density at radius 1 is 0.476 bits per heavy atom. The van der Waals surface area contributed by atoms with Crippen molar-refractivity contribution in [1.82, 2.24) is 0 Å². The van der Waals surface area contributed by atoms with Gasteiger partial charge in [0.2, 0.25) is 0 Å². The predicted octanol–water partition coefficient (Wildman–Crippen LogP) is 8.47. The van der Waals surface area contributed by atoms with Crippen molar-refractivity contribution in [1.29, 1.82) is 0 Å². The van der Waals surface area contributed by atoms with Crippen LogP contribution >= 0.6 is 0 Å². The van der Waals surface area contributed by atoms with Crippen LogP contribution in [0.5, 0.6) is 11.5 Å². The van der Waals surface area contributed by atoms with Crippen LogP contribution < -0.4 is 9.47 Å². The average molecular weight is 553 g/mol. The van der Waals surface area contributed by atoms with Gasteiger partial charge in [0.1, 0.15) is 11.5 Å². The molecule has 0 aliphatic heterocycles. The lowest BCUT2D eigenvalue weighted by Gasteiger charge is -2.28. The van der Waals surface area contributed by atoms with Crippen molar-refractivity contribution in [2.75, 3.05) is 14.2 Å². The molecule has 0 amide bonds. The molecular weight excluding hydrogens is 520 g/mol. The number of hydrogen-bond donors (Lipinski definition) is 0. The van der Waals surface area contributed by atoms with Crippen molar-refractivity contribution in [2.45, 2.75) is 25.7 Å². The summed E-state index contributed by atoms with van der Waals surface area (Å²) in [4.78, 5) is 27.9. The minimum Gasteiger partial charge on any atom is -0.496 e. The maximum Gasteiger partial charge on any atom is 0.190 e. The summed E-state index contributed by atoms with van der Waals surface area (Å²) in [5, 5.41) is 0. The molecular formula is C38H32O4. The number of rotatable bonds is 6. The smallest absolute Gasteiger partial charge is 0.190 e. The minimum absolute atomic E-state index is 0.000111. The standard InChI is InChI=1S/C38H32O4/c1-23(25-13-9-11-19-35(25)41-3)31-21-33(27-15-5-7-17-29(27)37(31)39)34-22-32(38(40)30-18-8-6-16-28(30)34)24(2)26-14-10-12-20-36(26)42-4/h5-24H,1-4H3/b34-33+. The van der Waals surface area contributed by atoms with Crippen LogP contribution in [-0.2, 0) is 0 Å². The van der Waals surface area contributed by atoms with E-state index in [9.17, 15) is 9.59 Å². The highest BCUT2D eigenvalue weighted by molar-refractivity contribution is 6.24. The molecule has 0 radical (unpaired) electrons. The summed E-state index contributed by atoms with van der Waals surface area (Å²) in [6, 6.07) is 31.1. The maximum atomic E-state index is 14.0. The van der Waals surface area contributed by atoms with Gasteiger partial charge in [0.25, 0.3) is 0 Å². The van der Waals surface area contributed by atoms with Crippen LogP contribution in [0.25, 0.3) is 11.1 Å². The van der Waals surface area contributed by atoms with Crippen molar-refractivity contribution < 1.29 is 19.1 Å². The molecule has 0 spiro atoms. The second-order valence-corrected chi connectivity index (χ2v) is 10.7. The number of Topliss-reactive ketones (excluding diaryl/α,β-unsaturated/α-hetero) is 2. The molecule has 0 aromatic heterocycles. The third-order valence-corrected chi connectivity index (χ3v) is 8.48. The van der Waals surface area contributed by atoms with E-state index in [2.05, 4.69) is 0 Å². The van der Waals surface area contributed by atoms with E-state index in [1.807, 2.05) is 123 Å². The minimum atomic E-state index is -0.214. The van der Waals surface area contributed by atoms with E-state index in [4.69, 9.17) is 9.47 Å². The number of allylic oxidation sites excluding steroid dienone is 6. The zero-order valence-corrected chi connectivity index (χ0v) is 24.2. The summed E-state index contributed by atoms with van der Waals surface area (Å²) in [6.45, 7) is 4.09. The molecule has 0 saturated heterocycles. The molecule has 208 valence electrons. The molecule has 0 fully saturated rings. The van der Waals surface area contributed by atoms with E-state index in [-0.39, 0.29) is 23.4 Å². The number of methoxy groups -OCH3 is 2. The first-order valence-corrected chi connectivity index (χ1v) is 14.2. The zero-order valence-electron chi connectivity index (χ0n) is 24.2. The monoisotopic (exact) mass is 552 g/mol. The van der Waals surface area contributed by atoms with Crippen LogP contribution in [0.3, 0.4) is 0 Å². The molecule has 42 heavy (non-hydrogen) atoms. The van der Waals surface area contributed by atoms with Crippen LogP contribution in [0, 0.1) is 0 Å². The van der Waals surface area contributed by atoms with E-state index in [0.29, 0.717) is 22.3 Å². The summed E-state index contributed by atoms with van der Waals surface area (Å²) in [5.41, 5.74) is 8.13. The van der Waals surface area contributed by atoms with Gasteiger partial charge in [0.05, 0.1) is 14.2 Å². The molecule has 2 unspecified atom stereocenters. The van der Waals surface area contributed by atoms with E-state index in [1.54, 1.807) is 14.2 Å². The topological polar surface area (TPSA) is 52.6 Å². The number of carbonyl (C=O) groups is 2. The fourth-order valence-corrected chi connectivity index (χ4v) is 6.21. The molecule has 0 bridgehead atoms. The fraction of sp³-hybridized carbons (Fsp3) is 0.158. The number of ketones is 2. The van der Waals surface area contributed by atoms with E-state index in [1.165, 1.54) is 0 Å². The summed E-state index contributed by atoms with van der Waals surface area (Å²) < 4.78 is 11.3. The van der Waals surface area contributed by atoms with Crippen molar-refractivity contribution in [3.05, 3.63) is 154 Å². The van der Waals surface area contributed by atoms with Crippen LogP contribution in [0.2, 0.25) is 0 Å². The zero-order chi connectivity index (χ0) is 29.4. The highest BCUT2D eigenvalue weighted by Crippen LogP contribution is 2.45. The van der Waals surface area contributed by atoms with Crippen LogP contribution in [0.15, 0.2) is 120 Å². The normalized spacial score (nSPS) is 17.4. The molecule has 4 heteroatoms. The molecule has 0 N–H and O–H groups in total. The fourth-order valence-electron chi connectivity index (χ4n) is 6.21. The molecule has 4 aromatic carbocycles. The van der Waals surface area contributed by atoms with Gasteiger partial charge >= 0.3 is 0 Å². The lowest BCUT2D eigenvalue weighted by Crippen LogP contribution is -2.19. The SMILES string of the molecule is COc1ccccc1C(C)C1=C/C(=C2/C=C(C(C)c3ccccc3OC)C(=O)c3ccccc32)c2ccccc2C1=O. The number of hydrogen-bond acceptors (Lipinski definition) is 4. The van der Waals surface area contributed by atoms with Crippen LogP contribution in [-0.4, -0.2) is 25.8 Å². The first-order chi connectivity index (χ1) is 20.4. The predicted molar refractivity (Wildman–Crippen MR) is 167 cm³/mol. The largest absolute Gasteiger partial charge is 0.496 e. The van der Waals surface area contributed by atoms with Crippen molar-refractivity contribution in [2.24, 2.45) is 0 Å². The van der Waals surface area contributed by atoms with Crippen LogP contribution in [0.1, 0.15) is 68.7 Å². The van der Waals surface area contributed by atoms with Crippen molar-refractivity contribution >= 4 is 22.7 Å². The number of ether oxygens (including phenoxy) is 2. The Kier molecular flexibility index (Phi) is 7.22. The first kappa shape index (κ1) is 27.2. The third-order valence-electron chi connectivity index (χ3n) is 8.48. The van der Waals surface area contributed by atoms with Gasteiger partial charge in [-0.2, -0.15) is 0 Å². The van der Waals surface area contributed by atoms with Gasteiger partial charge in [0.15, 0.2) is 11.6 Å². The van der Waals surface area contributed by atoms with Gasteiger partial charge in [-0.05, 0) is 46.6 Å². The van der Waals surface area contributed by atoms with E-state index >= 15 is 0 Å². The molecule has 0 saturated carbocycles. The second kappa shape index (κ2) is 11.1. The summed E-state index contributed by atoms with van der Waals surface area (Å²) in [5.74, 6) is 1.06. The molecule has 2 atom stereocenters. The Morgan fingerprint density at radius 2 is 0.810 bits per heavy atom. The molecule has 2 aliphatic rings. The van der Waals surface area contributed by atoms with Gasteiger partial charge in [-0.3, -0.25) is 9.59 Å². The molecule has 2 aliphatic carbocycles. The van der Waals surface area contributed by atoms with Crippen LogP contribution in [0.4, 0.5) is 0 Å². The van der Waals surface area contributed by atoms with Gasteiger partial charge in [-0.15, -0.1) is 0 Å². The number of benzene rings is 4. The van der Waals surface area contributed by atoms with Gasteiger partial charge < -0.3 is 9.47 Å². The number of para-hydroxylation sites is 2. The third kappa shape index (κ3) is 4.50. The van der Waals surface area contributed by atoms with Crippen molar-refractivity contribution in [3.63, 3.8) is 0 Å². The lowest BCUT2D eigenvalue weighted by molar-refractivity contribution is 0.101. The van der Waals surface area contributed by atoms with E-state index in [0.717, 1.165) is 44.9 Å². The lowest BCUT2D eigenvalue weighted by atomic mass is 9.74. The molecule has 0 heterocycles. The molecule has 4 aromatic rings. The first-order valence-electron chi connectivity index (χ1n) is 14.2. The van der Waals surface area contributed by atoms with Crippen molar-refractivity contribution in [3.8, 4) is 11.5 Å². The number of fused-ring (bicyclic) bond motifs is 2. The molecule has 6 rings (SSSR count). The Bertz CT molecular complexity index is 1690.